The van der Waals surface area contributed by atoms with Crippen molar-refractivity contribution in [2.75, 3.05) is 7.11 Å². The number of hydrogen-bond acceptors (Lipinski definition) is 3. The maximum absolute atomic E-state index is 5.98. The second-order valence-corrected chi connectivity index (χ2v) is 3.27. The first kappa shape index (κ1) is 9.30. The van der Waals surface area contributed by atoms with Crippen LogP contribution in [0.3, 0.4) is 0 Å². The standard InChI is InChI=1S/C9H10ClN3O/c1-14-6-3-2-5(10)8-9(6)13-7(4-11)12-8/h2-3H,4,11H2,1H3,(H,12,13). The molecule has 5 heteroatoms. The van der Waals surface area contributed by atoms with Gasteiger partial charge in [0.15, 0.2) is 0 Å². The average Bonchev–Trinajstić information content (AvgIpc) is 2.63. The molecule has 4 nitrogen and oxygen atoms in total. The summed E-state index contributed by atoms with van der Waals surface area (Å²) in [6.07, 6.45) is 0. The Kier molecular flexibility index (Phi) is 2.31. The summed E-state index contributed by atoms with van der Waals surface area (Å²) < 4.78 is 5.17. The molecule has 0 unspecified atom stereocenters. The Morgan fingerprint density at radius 3 is 3.00 bits per heavy atom. The summed E-state index contributed by atoms with van der Waals surface area (Å²) in [6, 6.07) is 3.55. The highest BCUT2D eigenvalue weighted by Crippen LogP contribution is 2.29. The highest BCUT2D eigenvalue weighted by Gasteiger charge is 2.09. The summed E-state index contributed by atoms with van der Waals surface area (Å²) in [7, 11) is 1.60. The van der Waals surface area contributed by atoms with E-state index in [4.69, 9.17) is 22.1 Å². The third-order valence-corrected chi connectivity index (χ3v) is 2.32. The van der Waals surface area contributed by atoms with Crippen molar-refractivity contribution >= 4 is 22.6 Å². The van der Waals surface area contributed by atoms with Gasteiger partial charge in [0.25, 0.3) is 0 Å². The molecule has 1 aromatic carbocycles. The van der Waals surface area contributed by atoms with E-state index >= 15 is 0 Å². The molecular weight excluding hydrogens is 202 g/mol. The molecule has 3 N–H and O–H groups in total. The minimum Gasteiger partial charge on any atom is -0.494 e. The van der Waals surface area contributed by atoms with Gasteiger partial charge in [-0.1, -0.05) is 11.6 Å². The number of hydrogen-bond donors (Lipinski definition) is 2. The van der Waals surface area contributed by atoms with Gasteiger partial charge >= 0.3 is 0 Å². The maximum atomic E-state index is 5.98. The third kappa shape index (κ3) is 1.32. The first-order valence-corrected chi connectivity index (χ1v) is 4.55. The molecular formula is C9H10ClN3O. The van der Waals surface area contributed by atoms with Crippen molar-refractivity contribution in [1.82, 2.24) is 9.97 Å². The minimum absolute atomic E-state index is 0.355. The molecule has 0 bridgehead atoms. The molecule has 0 aliphatic carbocycles. The average molecular weight is 212 g/mol. The first-order valence-electron chi connectivity index (χ1n) is 4.17. The van der Waals surface area contributed by atoms with E-state index in [0.717, 1.165) is 11.3 Å². The number of nitrogens with zero attached hydrogens (tertiary/aromatic N) is 1. The molecule has 1 heterocycles. The number of nitrogens with two attached hydrogens (primary N) is 1. The van der Waals surface area contributed by atoms with E-state index in [2.05, 4.69) is 9.97 Å². The Balaban J connectivity index is 2.74. The number of imidazole rings is 1. The molecule has 0 aliphatic rings. The number of ether oxygens (including phenoxy) is 1. The van der Waals surface area contributed by atoms with E-state index in [9.17, 15) is 0 Å². The van der Waals surface area contributed by atoms with E-state index in [1.165, 1.54) is 0 Å². The van der Waals surface area contributed by atoms with Crippen LogP contribution in [0.25, 0.3) is 11.0 Å². The SMILES string of the molecule is COc1ccc(Cl)c2nc(CN)[nH]c12. The van der Waals surface area contributed by atoms with E-state index in [1.54, 1.807) is 19.2 Å². The van der Waals surface area contributed by atoms with Gasteiger partial charge < -0.3 is 15.5 Å². The lowest BCUT2D eigenvalue weighted by Crippen LogP contribution is -1.97. The highest BCUT2D eigenvalue weighted by molar-refractivity contribution is 6.35. The topological polar surface area (TPSA) is 63.9 Å². The van der Waals surface area contributed by atoms with Gasteiger partial charge in [-0.15, -0.1) is 0 Å². The molecule has 0 saturated heterocycles. The van der Waals surface area contributed by atoms with Crippen LogP contribution in [-0.4, -0.2) is 17.1 Å². The van der Waals surface area contributed by atoms with Crippen LogP contribution in [0.1, 0.15) is 5.82 Å². The second-order valence-electron chi connectivity index (χ2n) is 2.86. The van der Waals surface area contributed by atoms with Gasteiger partial charge in [-0.05, 0) is 12.1 Å². The molecule has 0 amide bonds. The van der Waals surface area contributed by atoms with E-state index in [1.807, 2.05) is 0 Å². The fourth-order valence-electron chi connectivity index (χ4n) is 1.35. The first-order chi connectivity index (χ1) is 6.76. The number of aromatic amines is 1. The quantitative estimate of drug-likeness (QED) is 0.795. The summed E-state index contributed by atoms with van der Waals surface area (Å²) in [5.74, 6) is 1.42. The van der Waals surface area contributed by atoms with E-state index < -0.39 is 0 Å². The molecule has 0 radical (unpaired) electrons. The van der Waals surface area contributed by atoms with Gasteiger partial charge in [-0.3, -0.25) is 0 Å². The summed E-state index contributed by atoms with van der Waals surface area (Å²) in [6.45, 7) is 0.355. The lowest BCUT2D eigenvalue weighted by Gasteiger charge is -2.00. The summed E-state index contributed by atoms with van der Waals surface area (Å²) in [5, 5.41) is 0.594. The summed E-state index contributed by atoms with van der Waals surface area (Å²) in [4.78, 5) is 7.31. The molecule has 0 spiro atoms. The van der Waals surface area contributed by atoms with Crippen LogP contribution < -0.4 is 10.5 Å². The van der Waals surface area contributed by atoms with Crippen LogP contribution in [0.4, 0.5) is 0 Å². The second kappa shape index (κ2) is 3.48. The number of methoxy groups -OCH3 is 1. The van der Waals surface area contributed by atoms with Crippen molar-refractivity contribution in [2.24, 2.45) is 5.73 Å². The number of benzene rings is 1. The Morgan fingerprint density at radius 2 is 2.36 bits per heavy atom. The Bertz CT molecular complexity index is 466. The van der Waals surface area contributed by atoms with Crippen molar-refractivity contribution < 1.29 is 4.74 Å². The summed E-state index contributed by atoms with van der Waals surface area (Å²) >= 11 is 5.98. The number of rotatable bonds is 2. The number of H-pyrrole nitrogens is 1. The van der Waals surface area contributed by atoms with Gasteiger partial charge in [-0.25, -0.2) is 4.98 Å². The van der Waals surface area contributed by atoms with Crippen LogP contribution >= 0.6 is 11.6 Å². The van der Waals surface area contributed by atoms with Crippen LogP contribution in [0.2, 0.25) is 5.02 Å². The molecule has 0 saturated carbocycles. The molecule has 1 aromatic heterocycles. The largest absolute Gasteiger partial charge is 0.494 e. The Morgan fingerprint density at radius 1 is 1.57 bits per heavy atom. The van der Waals surface area contributed by atoms with Crippen molar-refractivity contribution in [3.63, 3.8) is 0 Å². The highest BCUT2D eigenvalue weighted by atomic mass is 35.5. The van der Waals surface area contributed by atoms with Crippen molar-refractivity contribution in [1.29, 1.82) is 0 Å². The summed E-state index contributed by atoms with van der Waals surface area (Å²) in [5.41, 5.74) is 6.97. The molecule has 14 heavy (non-hydrogen) atoms. The number of nitrogens with one attached hydrogen (secondary N) is 1. The van der Waals surface area contributed by atoms with Crippen molar-refractivity contribution in [3.8, 4) is 5.75 Å². The monoisotopic (exact) mass is 211 g/mol. The van der Waals surface area contributed by atoms with Gasteiger partial charge in [0.1, 0.15) is 22.6 Å². The number of halogens is 1. The lowest BCUT2D eigenvalue weighted by molar-refractivity contribution is 0.419. The predicted molar refractivity (Wildman–Crippen MR) is 55.5 cm³/mol. The normalized spacial score (nSPS) is 10.8. The number of fused-ring (bicyclic) bond motifs is 1. The minimum atomic E-state index is 0.355. The van der Waals surface area contributed by atoms with Crippen LogP contribution in [0, 0.1) is 0 Å². The van der Waals surface area contributed by atoms with Crippen LogP contribution in [-0.2, 0) is 6.54 Å². The fraction of sp³-hybridized carbons (Fsp3) is 0.222. The van der Waals surface area contributed by atoms with Crippen molar-refractivity contribution in [3.05, 3.63) is 23.0 Å². The van der Waals surface area contributed by atoms with E-state index in [0.29, 0.717) is 22.9 Å². The van der Waals surface area contributed by atoms with Gasteiger partial charge in [0.2, 0.25) is 0 Å². The Hall–Kier alpha value is -1.26. The molecule has 2 aromatic rings. The molecule has 0 atom stereocenters. The third-order valence-electron chi connectivity index (χ3n) is 2.02. The van der Waals surface area contributed by atoms with Gasteiger partial charge in [0, 0.05) is 0 Å². The molecule has 2 rings (SSSR count). The zero-order valence-corrected chi connectivity index (χ0v) is 8.43. The smallest absolute Gasteiger partial charge is 0.144 e. The van der Waals surface area contributed by atoms with Gasteiger partial charge in [-0.2, -0.15) is 0 Å². The van der Waals surface area contributed by atoms with Crippen LogP contribution in [0.5, 0.6) is 5.75 Å². The zero-order valence-electron chi connectivity index (χ0n) is 7.67. The molecule has 0 fully saturated rings. The van der Waals surface area contributed by atoms with Gasteiger partial charge in [0.05, 0.1) is 18.7 Å². The maximum Gasteiger partial charge on any atom is 0.144 e. The lowest BCUT2D eigenvalue weighted by atomic mass is 10.3. The van der Waals surface area contributed by atoms with Crippen LogP contribution in [0.15, 0.2) is 12.1 Å². The fourth-order valence-corrected chi connectivity index (χ4v) is 1.55. The molecule has 0 aliphatic heterocycles. The predicted octanol–water partition coefficient (Wildman–Crippen LogP) is 1.68. The molecule has 74 valence electrons. The van der Waals surface area contributed by atoms with Crippen molar-refractivity contribution in [2.45, 2.75) is 6.54 Å². The number of aromatic nitrogens is 2. The van der Waals surface area contributed by atoms with E-state index in [-0.39, 0.29) is 0 Å². The zero-order chi connectivity index (χ0) is 10.1. The Labute approximate surface area is 86.0 Å².